The summed E-state index contributed by atoms with van der Waals surface area (Å²) in [6.45, 7) is 2.36. The van der Waals surface area contributed by atoms with Gasteiger partial charge in [0, 0.05) is 9.52 Å². The van der Waals surface area contributed by atoms with Crippen molar-refractivity contribution in [2.75, 3.05) is 28.2 Å². The van der Waals surface area contributed by atoms with Crippen molar-refractivity contribution in [2.45, 2.75) is 18.8 Å². The molecule has 0 spiro atoms. The number of nitrogens with zero attached hydrogens (tertiary/aromatic N) is 2. The van der Waals surface area contributed by atoms with E-state index in [9.17, 15) is 0 Å². The lowest BCUT2D eigenvalue weighted by Gasteiger charge is -2.30. The Labute approximate surface area is 67.0 Å². The van der Waals surface area contributed by atoms with Gasteiger partial charge in [-0.15, -0.1) is 0 Å². The van der Waals surface area contributed by atoms with Gasteiger partial charge in [-0.2, -0.15) is 0 Å². The van der Waals surface area contributed by atoms with Crippen LogP contribution in [-0.2, 0) is 0 Å². The molecule has 0 atom stereocenters. The number of hydrogen-bond donors (Lipinski definition) is 0. The molecular formula is C7H20N2Si. The number of hydrogen-bond acceptors (Lipinski definition) is 2. The molecule has 0 bridgehead atoms. The molecule has 0 amide bonds. The van der Waals surface area contributed by atoms with Gasteiger partial charge >= 0.3 is 0 Å². The summed E-state index contributed by atoms with van der Waals surface area (Å²) in [6.07, 6.45) is 0.664. The summed E-state index contributed by atoms with van der Waals surface area (Å²) in [7, 11) is 8.79. The first-order valence-corrected chi connectivity index (χ1v) is 6.33. The normalized spacial score (nSPS) is 13.2. The van der Waals surface area contributed by atoms with E-state index in [4.69, 9.17) is 0 Å². The fraction of sp³-hybridized carbons (Fsp3) is 1.00. The van der Waals surface area contributed by atoms with Gasteiger partial charge in [0.2, 0.25) is 0 Å². The second kappa shape index (κ2) is 4.88. The lowest BCUT2D eigenvalue weighted by Crippen LogP contribution is -2.40. The van der Waals surface area contributed by atoms with Crippen LogP contribution in [0.15, 0.2) is 0 Å². The van der Waals surface area contributed by atoms with E-state index in [-0.39, 0.29) is 9.52 Å². The molecule has 0 aliphatic heterocycles. The van der Waals surface area contributed by atoms with Crippen LogP contribution in [0.3, 0.4) is 0 Å². The molecule has 0 aromatic rings. The Morgan fingerprint density at radius 2 is 1.50 bits per heavy atom. The molecule has 0 saturated heterocycles. The monoisotopic (exact) mass is 160 g/mol. The van der Waals surface area contributed by atoms with E-state index >= 15 is 0 Å². The molecule has 0 fully saturated rings. The van der Waals surface area contributed by atoms with E-state index in [1.807, 2.05) is 0 Å². The van der Waals surface area contributed by atoms with E-state index in [0.717, 1.165) is 0 Å². The third-order valence-electron chi connectivity index (χ3n) is 1.74. The van der Waals surface area contributed by atoms with E-state index < -0.39 is 0 Å². The van der Waals surface area contributed by atoms with Crippen LogP contribution in [-0.4, -0.2) is 53.7 Å². The molecule has 3 heteroatoms. The molecule has 0 radical (unpaired) electrons. The summed E-state index contributed by atoms with van der Waals surface area (Å²) in [4.78, 5) is 4.58. The molecule has 10 heavy (non-hydrogen) atoms. The Kier molecular flexibility index (Phi) is 4.94. The van der Waals surface area contributed by atoms with Crippen molar-refractivity contribution < 1.29 is 0 Å². The highest BCUT2D eigenvalue weighted by atomic mass is 28.2. The van der Waals surface area contributed by atoms with E-state index in [1.165, 1.54) is 6.04 Å². The van der Waals surface area contributed by atoms with Gasteiger partial charge in [-0.25, -0.2) is 0 Å². The fourth-order valence-electron chi connectivity index (χ4n) is 1.24. The van der Waals surface area contributed by atoms with Gasteiger partial charge in [0.05, 0.1) is 6.17 Å². The fourth-order valence-corrected chi connectivity index (χ4v) is 2.79. The van der Waals surface area contributed by atoms with Gasteiger partial charge in [0.25, 0.3) is 0 Å². The summed E-state index contributed by atoms with van der Waals surface area (Å²) in [5.74, 6) is 0. The lowest BCUT2D eigenvalue weighted by atomic mass is 10.5. The van der Waals surface area contributed by atoms with Gasteiger partial charge in [0.1, 0.15) is 0 Å². The second-order valence-electron chi connectivity index (χ2n) is 3.20. The first-order chi connectivity index (χ1) is 4.59. The summed E-state index contributed by atoms with van der Waals surface area (Å²) in [5.41, 5.74) is 0. The van der Waals surface area contributed by atoms with Crippen molar-refractivity contribution in [1.82, 2.24) is 9.80 Å². The third kappa shape index (κ3) is 3.34. The predicted octanol–water partition coefficient (Wildman–Crippen LogP) is 0.0709. The molecule has 0 saturated carbocycles. The Balaban J connectivity index is 3.73. The van der Waals surface area contributed by atoms with Gasteiger partial charge in [-0.1, -0.05) is 6.55 Å². The number of rotatable bonds is 4. The maximum Gasteiger partial charge on any atom is 0.0582 e. The quantitative estimate of drug-likeness (QED) is 0.424. The van der Waals surface area contributed by atoms with E-state index in [0.29, 0.717) is 6.17 Å². The molecule has 2 nitrogen and oxygen atoms in total. The van der Waals surface area contributed by atoms with E-state index in [2.05, 4.69) is 44.5 Å². The van der Waals surface area contributed by atoms with Crippen LogP contribution in [0.2, 0.25) is 12.6 Å². The van der Waals surface area contributed by atoms with Gasteiger partial charge in [-0.3, -0.25) is 9.80 Å². The minimum absolute atomic E-state index is 0.198. The highest BCUT2D eigenvalue weighted by molar-refractivity contribution is 6.33. The second-order valence-corrected chi connectivity index (χ2v) is 4.77. The highest BCUT2D eigenvalue weighted by Crippen LogP contribution is 2.01. The lowest BCUT2D eigenvalue weighted by molar-refractivity contribution is 0.147. The van der Waals surface area contributed by atoms with Crippen molar-refractivity contribution in [3.63, 3.8) is 0 Å². The molecule has 0 aromatic carbocycles. The first-order valence-electron chi connectivity index (χ1n) is 3.92. The van der Waals surface area contributed by atoms with Crippen molar-refractivity contribution >= 4 is 9.52 Å². The van der Waals surface area contributed by atoms with Crippen LogP contribution in [0.25, 0.3) is 0 Å². The maximum atomic E-state index is 2.36. The van der Waals surface area contributed by atoms with Crippen molar-refractivity contribution in [2.24, 2.45) is 0 Å². The third-order valence-corrected chi connectivity index (χ3v) is 2.83. The molecule has 0 aliphatic carbocycles. The standard InChI is InChI=1S/C7H20N2Si/c1-8(2)7(6-10-5)9(3)4/h7H,6,10H2,1-5H3. The zero-order chi connectivity index (χ0) is 8.15. The van der Waals surface area contributed by atoms with Crippen molar-refractivity contribution in [1.29, 1.82) is 0 Å². The average Bonchev–Trinajstić information content (AvgIpc) is 1.81. The summed E-state index contributed by atoms with van der Waals surface area (Å²) < 4.78 is 0. The maximum absolute atomic E-state index is 2.36. The Bertz CT molecular complexity index is 75.7. The molecule has 0 rings (SSSR count). The van der Waals surface area contributed by atoms with Crippen molar-refractivity contribution in [3.05, 3.63) is 0 Å². The molecular weight excluding hydrogens is 140 g/mol. The largest absolute Gasteiger partial charge is 0.294 e. The van der Waals surface area contributed by atoms with Crippen LogP contribution < -0.4 is 0 Å². The molecule has 0 aromatic heterocycles. The highest BCUT2D eigenvalue weighted by Gasteiger charge is 2.10. The van der Waals surface area contributed by atoms with Crippen LogP contribution in [0.4, 0.5) is 0 Å². The first kappa shape index (κ1) is 10.1. The minimum atomic E-state index is 0.198. The van der Waals surface area contributed by atoms with E-state index in [1.54, 1.807) is 0 Å². The van der Waals surface area contributed by atoms with Gasteiger partial charge in [0.15, 0.2) is 0 Å². The zero-order valence-corrected chi connectivity index (χ0v) is 9.30. The molecule has 62 valence electrons. The summed E-state index contributed by atoms with van der Waals surface area (Å²) in [5, 5.41) is 0. The van der Waals surface area contributed by atoms with Crippen LogP contribution in [0, 0.1) is 0 Å². The minimum Gasteiger partial charge on any atom is -0.294 e. The average molecular weight is 160 g/mol. The van der Waals surface area contributed by atoms with Gasteiger partial charge in [-0.05, 0) is 34.2 Å². The van der Waals surface area contributed by atoms with Crippen LogP contribution >= 0.6 is 0 Å². The van der Waals surface area contributed by atoms with Crippen LogP contribution in [0.5, 0.6) is 0 Å². The van der Waals surface area contributed by atoms with Gasteiger partial charge < -0.3 is 0 Å². The Morgan fingerprint density at radius 3 is 1.60 bits per heavy atom. The Hall–Kier alpha value is 0.137. The predicted molar refractivity (Wildman–Crippen MR) is 50.4 cm³/mol. The summed E-state index contributed by atoms with van der Waals surface area (Å²) in [6, 6.07) is 1.39. The molecule has 0 N–H and O–H groups in total. The Morgan fingerprint density at radius 1 is 1.10 bits per heavy atom. The topological polar surface area (TPSA) is 6.48 Å². The molecule has 0 aliphatic rings. The molecule has 0 unspecified atom stereocenters. The van der Waals surface area contributed by atoms with Crippen molar-refractivity contribution in [3.8, 4) is 0 Å². The van der Waals surface area contributed by atoms with Crippen LogP contribution in [0.1, 0.15) is 0 Å². The SMILES string of the molecule is C[SiH2]CC(N(C)C)N(C)C. The molecule has 0 heterocycles. The summed E-state index contributed by atoms with van der Waals surface area (Å²) >= 11 is 0. The zero-order valence-electron chi connectivity index (χ0n) is 7.89. The smallest absolute Gasteiger partial charge is 0.0582 e.